The van der Waals surface area contributed by atoms with E-state index in [4.69, 9.17) is 10.5 Å². The van der Waals surface area contributed by atoms with Gasteiger partial charge in [0.25, 0.3) is 0 Å². The Labute approximate surface area is 121 Å². The SMILES string of the molecule is COc1ccc(Br)cc1C1CN=C(N)N1CC1CC1. The van der Waals surface area contributed by atoms with Gasteiger partial charge in [-0.15, -0.1) is 0 Å². The van der Waals surface area contributed by atoms with Crippen LogP contribution in [0.3, 0.4) is 0 Å². The predicted molar refractivity (Wildman–Crippen MR) is 79.4 cm³/mol. The molecular weight excluding hydrogens is 306 g/mol. The maximum atomic E-state index is 6.04. The van der Waals surface area contributed by atoms with Crippen molar-refractivity contribution >= 4 is 21.9 Å². The zero-order chi connectivity index (χ0) is 13.4. The molecule has 1 fully saturated rings. The van der Waals surface area contributed by atoms with Crippen LogP contribution in [0, 0.1) is 5.92 Å². The second-order valence-corrected chi connectivity index (χ2v) is 6.11. The Hall–Kier alpha value is -1.23. The van der Waals surface area contributed by atoms with Crippen molar-refractivity contribution in [3.8, 4) is 5.75 Å². The summed E-state index contributed by atoms with van der Waals surface area (Å²) < 4.78 is 6.53. The van der Waals surface area contributed by atoms with Crippen molar-refractivity contribution in [1.29, 1.82) is 0 Å². The molecule has 1 aliphatic heterocycles. The summed E-state index contributed by atoms with van der Waals surface area (Å²) in [4.78, 5) is 6.63. The van der Waals surface area contributed by atoms with Gasteiger partial charge in [0, 0.05) is 16.6 Å². The first-order valence-electron chi connectivity index (χ1n) is 6.59. The van der Waals surface area contributed by atoms with Crippen LogP contribution in [0.4, 0.5) is 0 Å². The van der Waals surface area contributed by atoms with E-state index in [1.165, 1.54) is 12.8 Å². The number of nitrogens with two attached hydrogens (primary N) is 1. The van der Waals surface area contributed by atoms with Gasteiger partial charge in [0.2, 0.25) is 0 Å². The number of rotatable bonds is 4. The molecule has 2 aliphatic rings. The van der Waals surface area contributed by atoms with Gasteiger partial charge in [-0.3, -0.25) is 4.99 Å². The number of hydrogen-bond acceptors (Lipinski definition) is 4. The number of hydrogen-bond donors (Lipinski definition) is 1. The summed E-state index contributed by atoms with van der Waals surface area (Å²) in [7, 11) is 1.71. The molecule has 1 aliphatic carbocycles. The zero-order valence-corrected chi connectivity index (χ0v) is 12.6. The Morgan fingerprint density at radius 3 is 2.95 bits per heavy atom. The minimum Gasteiger partial charge on any atom is -0.496 e. The molecule has 1 aromatic rings. The topological polar surface area (TPSA) is 50.9 Å². The van der Waals surface area contributed by atoms with E-state index in [1.54, 1.807) is 7.11 Å². The van der Waals surface area contributed by atoms with Gasteiger partial charge < -0.3 is 15.4 Å². The van der Waals surface area contributed by atoms with Gasteiger partial charge in [-0.2, -0.15) is 0 Å². The second-order valence-electron chi connectivity index (χ2n) is 5.20. The van der Waals surface area contributed by atoms with Gasteiger partial charge in [-0.05, 0) is 37.0 Å². The molecule has 1 atom stereocenters. The lowest BCUT2D eigenvalue weighted by atomic mass is 10.0. The van der Waals surface area contributed by atoms with Crippen molar-refractivity contribution in [2.45, 2.75) is 18.9 Å². The van der Waals surface area contributed by atoms with Gasteiger partial charge in [0.05, 0.1) is 19.7 Å². The molecule has 0 amide bonds. The first-order valence-corrected chi connectivity index (χ1v) is 7.38. The van der Waals surface area contributed by atoms with Crippen molar-refractivity contribution in [3.63, 3.8) is 0 Å². The van der Waals surface area contributed by atoms with Crippen LogP contribution in [0.25, 0.3) is 0 Å². The molecule has 0 spiro atoms. The summed E-state index contributed by atoms with van der Waals surface area (Å²) in [5, 5.41) is 0. The number of aliphatic imine (C=N–C) groups is 1. The molecular formula is C14H18BrN3O. The minimum atomic E-state index is 0.202. The van der Waals surface area contributed by atoms with E-state index in [0.717, 1.165) is 28.2 Å². The number of nitrogens with zero attached hydrogens (tertiary/aromatic N) is 2. The standard InChI is InChI=1S/C14H18BrN3O/c1-19-13-5-4-10(15)6-11(13)12-7-17-14(16)18(12)8-9-2-3-9/h4-6,9,12H,2-3,7-8H2,1H3,(H2,16,17). The zero-order valence-electron chi connectivity index (χ0n) is 11.0. The first kappa shape index (κ1) is 12.8. The molecule has 5 heteroatoms. The van der Waals surface area contributed by atoms with Gasteiger partial charge in [0.1, 0.15) is 5.75 Å². The number of guanidine groups is 1. The van der Waals surface area contributed by atoms with Crippen LogP contribution in [0.1, 0.15) is 24.4 Å². The molecule has 102 valence electrons. The van der Waals surface area contributed by atoms with E-state index in [9.17, 15) is 0 Å². The van der Waals surface area contributed by atoms with Gasteiger partial charge in [-0.25, -0.2) is 0 Å². The summed E-state index contributed by atoms with van der Waals surface area (Å²) >= 11 is 3.53. The molecule has 19 heavy (non-hydrogen) atoms. The van der Waals surface area contributed by atoms with Crippen LogP contribution < -0.4 is 10.5 Å². The van der Waals surface area contributed by atoms with Crippen LogP contribution >= 0.6 is 15.9 Å². The summed E-state index contributed by atoms with van der Waals surface area (Å²) in [5.41, 5.74) is 7.19. The van der Waals surface area contributed by atoms with E-state index < -0.39 is 0 Å². The number of benzene rings is 1. The van der Waals surface area contributed by atoms with Gasteiger partial charge >= 0.3 is 0 Å². The summed E-state index contributed by atoms with van der Waals surface area (Å²) in [5.74, 6) is 2.35. The highest BCUT2D eigenvalue weighted by Crippen LogP contribution is 2.38. The first-order chi connectivity index (χ1) is 9.19. The Bertz CT molecular complexity index is 513. The van der Waals surface area contributed by atoms with Crippen LogP contribution in [0.5, 0.6) is 5.75 Å². The van der Waals surface area contributed by atoms with E-state index in [0.29, 0.717) is 12.5 Å². The maximum Gasteiger partial charge on any atom is 0.191 e. The fourth-order valence-corrected chi connectivity index (χ4v) is 2.94. The average Bonchev–Trinajstić information content (AvgIpc) is 3.14. The monoisotopic (exact) mass is 323 g/mol. The summed E-state index contributed by atoms with van der Waals surface area (Å²) in [6.45, 7) is 1.72. The lowest BCUT2D eigenvalue weighted by Gasteiger charge is -2.27. The highest BCUT2D eigenvalue weighted by molar-refractivity contribution is 9.10. The molecule has 1 heterocycles. The highest BCUT2D eigenvalue weighted by Gasteiger charge is 2.34. The van der Waals surface area contributed by atoms with Crippen molar-refractivity contribution in [3.05, 3.63) is 28.2 Å². The second kappa shape index (κ2) is 5.04. The van der Waals surface area contributed by atoms with Gasteiger partial charge in [-0.1, -0.05) is 15.9 Å². The molecule has 0 saturated heterocycles. The molecule has 3 rings (SSSR count). The Morgan fingerprint density at radius 2 is 2.26 bits per heavy atom. The molecule has 0 aromatic heterocycles. The number of ether oxygens (including phenoxy) is 1. The molecule has 1 unspecified atom stereocenters. The normalized spacial score (nSPS) is 22.5. The van der Waals surface area contributed by atoms with Crippen LogP contribution in [-0.2, 0) is 0 Å². The Balaban J connectivity index is 1.89. The summed E-state index contributed by atoms with van der Waals surface area (Å²) in [6.07, 6.45) is 2.62. The molecule has 4 nitrogen and oxygen atoms in total. The number of halogens is 1. The number of methoxy groups -OCH3 is 1. The largest absolute Gasteiger partial charge is 0.496 e. The van der Waals surface area contributed by atoms with Crippen molar-refractivity contribution in [1.82, 2.24) is 4.90 Å². The van der Waals surface area contributed by atoms with E-state index in [1.807, 2.05) is 12.1 Å². The van der Waals surface area contributed by atoms with Crippen LogP contribution in [-0.4, -0.2) is 31.1 Å². The molecule has 1 saturated carbocycles. The van der Waals surface area contributed by atoms with Crippen LogP contribution in [0.2, 0.25) is 0 Å². The minimum absolute atomic E-state index is 0.202. The van der Waals surface area contributed by atoms with Crippen molar-refractivity contribution in [2.24, 2.45) is 16.6 Å². The molecule has 0 bridgehead atoms. The fourth-order valence-electron chi connectivity index (χ4n) is 2.56. The highest BCUT2D eigenvalue weighted by atomic mass is 79.9. The van der Waals surface area contributed by atoms with E-state index >= 15 is 0 Å². The third-order valence-electron chi connectivity index (χ3n) is 3.80. The van der Waals surface area contributed by atoms with E-state index in [2.05, 4.69) is 31.9 Å². The quantitative estimate of drug-likeness (QED) is 0.926. The van der Waals surface area contributed by atoms with Crippen molar-refractivity contribution < 1.29 is 4.74 Å². The lowest BCUT2D eigenvalue weighted by molar-refractivity contribution is 0.320. The molecule has 1 aromatic carbocycles. The third kappa shape index (κ3) is 2.56. The molecule has 2 N–H and O–H groups in total. The lowest BCUT2D eigenvalue weighted by Crippen LogP contribution is -2.37. The molecule has 0 radical (unpaired) electrons. The van der Waals surface area contributed by atoms with Crippen LogP contribution in [0.15, 0.2) is 27.7 Å². The van der Waals surface area contributed by atoms with Gasteiger partial charge in [0.15, 0.2) is 5.96 Å². The summed E-state index contributed by atoms with van der Waals surface area (Å²) in [6, 6.07) is 6.29. The van der Waals surface area contributed by atoms with E-state index in [-0.39, 0.29) is 6.04 Å². The Morgan fingerprint density at radius 1 is 1.47 bits per heavy atom. The third-order valence-corrected chi connectivity index (χ3v) is 4.29. The van der Waals surface area contributed by atoms with Crippen molar-refractivity contribution in [2.75, 3.05) is 20.2 Å². The maximum absolute atomic E-state index is 6.04. The predicted octanol–water partition coefficient (Wildman–Crippen LogP) is 2.54. The average molecular weight is 324 g/mol. The Kier molecular flexibility index (Phi) is 3.39. The fraction of sp³-hybridized carbons (Fsp3) is 0.500. The smallest absolute Gasteiger partial charge is 0.191 e.